The van der Waals surface area contributed by atoms with Gasteiger partial charge in [0.2, 0.25) is 0 Å². The predicted octanol–water partition coefficient (Wildman–Crippen LogP) is 5.19. The van der Waals surface area contributed by atoms with Crippen molar-refractivity contribution in [3.05, 3.63) is 58.1 Å². The van der Waals surface area contributed by atoms with Gasteiger partial charge in [0.15, 0.2) is 0 Å². The molecule has 1 nitrogen and oxygen atoms in total. The van der Waals surface area contributed by atoms with Crippen molar-refractivity contribution in [1.82, 2.24) is 0 Å². The minimum Gasteiger partial charge on any atom is -0.327 e. The Morgan fingerprint density at radius 3 is 2.50 bits per heavy atom. The zero-order valence-corrected chi connectivity index (χ0v) is 14.3. The van der Waals surface area contributed by atoms with E-state index in [9.17, 15) is 0 Å². The van der Waals surface area contributed by atoms with Gasteiger partial charge in [-0.15, -0.1) is 0 Å². The van der Waals surface area contributed by atoms with Crippen molar-refractivity contribution in [3.8, 4) is 0 Å². The Morgan fingerprint density at radius 1 is 1.15 bits per heavy atom. The summed E-state index contributed by atoms with van der Waals surface area (Å²) in [6, 6.07) is 15.3. The van der Waals surface area contributed by atoms with E-state index in [4.69, 9.17) is 5.73 Å². The maximum Gasteiger partial charge on any atom is 0.0176 e. The van der Waals surface area contributed by atoms with E-state index in [1.54, 1.807) is 0 Å². The third-order valence-corrected chi connectivity index (χ3v) is 4.92. The summed E-state index contributed by atoms with van der Waals surface area (Å²) in [5, 5.41) is 0. The van der Waals surface area contributed by atoms with Crippen LogP contribution in [0, 0.1) is 6.92 Å². The summed E-state index contributed by atoms with van der Waals surface area (Å²) in [7, 11) is 0. The molecule has 2 aromatic carbocycles. The Balaban J connectivity index is 2.23. The van der Waals surface area contributed by atoms with Crippen LogP contribution in [0.25, 0.3) is 0 Å². The summed E-state index contributed by atoms with van der Waals surface area (Å²) in [6.07, 6.45) is 1.95. The van der Waals surface area contributed by atoms with Crippen molar-refractivity contribution in [3.63, 3.8) is 0 Å². The quantitative estimate of drug-likeness (QED) is 0.803. The van der Waals surface area contributed by atoms with Gasteiger partial charge < -0.3 is 5.73 Å². The van der Waals surface area contributed by atoms with E-state index < -0.39 is 0 Å². The number of nitrogens with two attached hydrogens (primary N) is 1. The van der Waals surface area contributed by atoms with Crippen LogP contribution in [0.4, 0.5) is 0 Å². The van der Waals surface area contributed by atoms with Crippen LogP contribution >= 0.6 is 27.7 Å². The van der Waals surface area contributed by atoms with Gasteiger partial charge >= 0.3 is 0 Å². The number of hydrogen-bond donors (Lipinski definition) is 1. The Bertz CT molecular complexity index is 566. The fraction of sp³-hybridized carbons (Fsp3) is 0.294. The summed E-state index contributed by atoms with van der Waals surface area (Å²) in [5.74, 6) is 0. The van der Waals surface area contributed by atoms with E-state index in [0.717, 1.165) is 17.3 Å². The Morgan fingerprint density at radius 2 is 1.85 bits per heavy atom. The molecule has 20 heavy (non-hydrogen) atoms. The van der Waals surface area contributed by atoms with Gasteiger partial charge in [0.25, 0.3) is 0 Å². The van der Waals surface area contributed by atoms with Crippen LogP contribution < -0.4 is 5.73 Å². The normalized spacial score (nSPS) is 12.4. The van der Waals surface area contributed by atoms with Crippen LogP contribution in [-0.2, 0) is 6.42 Å². The molecular weight excluding hydrogens is 330 g/mol. The van der Waals surface area contributed by atoms with Crippen molar-refractivity contribution in [1.29, 1.82) is 0 Å². The first-order valence-corrected chi connectivity index (χ1v) is 8.48. The van der Waals surface area contributed by atoms with Crippen LogP contribution in [0.5, 0.6) is 0 Å². The topological polar surface area (TPSA) is 26.0 Å². The lowest BCUT2D eigenvalue weighted by Gasteiger charge is -2.14. The maximum atomic E-state index is 6.12. The van der Waals surface area contributed by atoms with Gasteiger partial charge in [-0.2, -0.15) is 0 Å². The van der Waals surface area contributed by atoms with E-state index >= 15 is 0 Å². The fourth-order valence-electron chi connectivity index (χ4n) is 2.02. The number of aryl methyl sites for hydroxylation is 1. The third kappa shape index (κ3) is 4.37. The van der Waals surface area contributed by atoms with E-state index in [-0.39, 0.29) is 6.04 Å². The second-order valence-corrected chi connectivity index (χ2v) is 7.07. The summed E-state index contributed by atoms with van der Waals surface area (Å²) in [6.45, 7) is 4.27. The zero-order valence-electron chi connectivity index (χ0n) is 11.9. The summed E-state index contributed by atoms with van der Waals surface area (Å²) in [5.41, 5.74) is 8.77. The molecular formula is C17H20BrNS. The van der Waals surface area contributed by atoms with Gasteiger partial charge in [0, 0.05) is 20.3 Å². The highest BCUT2D eigenvalue weighted by Gasteiger charge is 2.09. The highest BCUT2D eigenvalue weighted by Crippen LogP contribution is 2.32. The van der Waals surface area contributed by atoms with Crippen LogP contribution in [0.2, 0.25) is 0 Å². The molecule has 2 N–H and O–H groups in total. The molecule has 0 aliphatic rings. The van der Waals surface area contributed by atoms with Gasteiger partial charge in [-0.1, -0.05) is 52.3 Å². The molecule has 2 rings (SSSR count). The molecule has 0 aliphatic carbocycles. The molecule has 0 fully saturated rings. The first-order chi connectivity index (χ1) is 9.58. The molecule has 0 spiro atoms. The molecule has 0 amide bonds. The van der Waals surface area contributed by atoms with Gasteiger partial charge in [-0.05, 0) is 55.7 Å². The van der Waals surface area contributed by atoms with Gasteiger partial charge in [0.1, 0.15) is 0 Å². The van der Waals surface area contributed by atoms with Crippen molar-refractivity contribution in [2.75, 3.05) is 0 Å². The molecule has 0 aromatic heterocycles. The maximum absolute atomic E-state index is 6.12. The third-order valence-electron chi connectivity index (χ3n) is 3.26. The van der Waals surface area contributed by atoms with Crippen molar-refractivity contribution < 1.29 is 0 Å². The van der Waals surface area contributed by atoms with E-state index in [0.29, 0.717) is 0 Å². The molecule has 0 aliphatic heterocycles. The molecule has 106 valence electrons. The molecule has 0 heterocycles. The minimum atomic E-state index is 0.237. The number of benzene rings is 2. The van der Waals surface area contributed by atoms with Crippen molar-refractivity contribution in [2.45, 2.75) is 42.5 Å². The number of hydrogen-bond acceptors (Lipinski definition) is 2. The molecule has 0 radical (unpaired) electrons. The molecule has 0 bridgehead atoms. The predicted molar refractivity (Wildman–Crippen MR) is 91.4 cm³/mol. The highest BCUT2D eigenvalue weighted by molar-refractivity contribution is 9.10. The Hall–Kier alpha value is -0.770. The molecule has 1 atom stereocenters. The molecule has 3 heteroatoms. The average Bonchev–Trinajstić information content (AvgIpc) is 2.44. The summed E-state index contributed by atoms with van der Waals surface area (Å²) < 4.78 is 1.11. The largest absolute Gasteiger partial charge is 0.327 e. The summed E-state index contributed by atoms with van der Waals surface area (Å²) in [4.78, 5) is 2.56. The molecule has 2 aromatic rings. The molecule has 1 unspecified atom stereocenters. The first kappa shape index (κ1) is 15.6. The van der Waals surface area contributed by atoms with Crippen LogP contribution in [0.15, 0.2) is 56.7 Å². The standard InChI is InChI=1S/C17H20BrNS/c1-3-15(19)11-13-10-12(2)4-9-17(13)20-16-7-5-14(18)6-8-16/h4-10,15H,3,11,19H2,1-2H3. The monoisotopic (exact) mass is 349 g/mol. The molecule has 0 saturated carbocycles. The Labute approximate surface area is 134 Å². The van der Waals surface area contributed by atoms with Gasteiger partial charge in [-0.3, -0.25) is 0 Å². The smallest absolute Gasteiger partial charge is 0.0176 e. The van der Waals surface area contributed by atoms with E-state index in [1.165, 1.54) is 20.9 Å². The van der Waals surface area contributed by atoms with E-state index in [1.807, 2.05) is 11.8 Å². The SMILES string of the molecule is CCC(N)Cc1cc(C)ccc1Sc1ccc(Br)cc1. The van der Waals surface area contributed by atoms with Crippen molar-refractivity contribution >= 4 is 27.7 Å². The minimum absolute atomic E-state index is 0.237. The fourth-order valence-corrected chi connectivity index (χ4v) is 3.22. The van der Waals surface area contributed by atoms with Crippen LogP contribution in [0.3, 0.4) is 0 Å². The lowest BCUT2D eigenvalue weighted by molar-refractivity contribution is 0.641. The average molecular weight is 350 g/mol. The zero-order chi connectivity index (χ0) is 14.5. The number of rotatable bonds is 5. The Kier molecular flexibility index (Phi) is 5.70. The van der Waals surface area contributed by atoms with Gasteiger partial charge in [-0.25, -0.2) is 0 Å². The highest BCUT2D eigenvalue weighted by atomic mass is 79.9. The first-order valence-electron chi connectivity index (χ1n) is 6.87. The van der Waals surface area contributed by atoms with Crippen LogP contribution in [-0.4, -0.2) is 6.04 Å². The van der Waals surface area contributed by atoms with Crippen molar-refractivity contribution in [2.24, 2.45) is 5.73 Å². The van der Waals surface area contributed by atoms with E-state index in [2.05, 4.69) is 72.2 Å². The number of halogens is 1. The second kappa shape index (κ2) is 7.30. The second-order valence-electron chi connectivity index (χ2n) is 5.04. The van der Waals surface area contributed by atoms with Crippen LogP contribution in [0.1, 0.15) is 24.5 Å². The molecule has 0 saturated heterocycles. The van der Waals surface area contributed by atoms with Gasteiger partial charge in [0.05, 0.1) is 0 Å². The summed E-state index contributed by atoms with van der Waals surface area (Å²) >= 11 is 5.28. The lowest BCUT2D eigenvalue weighted by atomic mass is 10.0. The lowest BCUT2D eigenvalue weighted by Crippen LogP contribution is -2.21.